The van der Waals surface area contributed by atoms with Crippen LogP contribution in [-0.4, -0.2) is 26.7 Å². The molecule has 6 nitrogen and oxygen atoms in total. The van der Waals surface area contributed by atoms with Gasteiger partial charge < -0.3 is 5.32 Å². The smallest absolute Gasteiger partial charge is 0.256 e. The fourth-order valence-electron chi connectivity index (χ4n) is 2.21. The zero-order chi connectivity index (χ0) is 17.3. The van der Waals surface area contributed by atoms with Crippen LogP contribution in [-0.2, 0) is 11.3 Å². The highest BCUT2D eigenvalue weighted by atomic mass is 32.2. The second kappa shape index (κ2) is 6.74. The monoisotopic (exact) mass is 360 g/mol. The molecule has 2 heterocycles. The minimum Gasteiger partial charge on any atom is -0.324 e. The fourth-order valence-corrected chi connectivity index (χ4v) is 3.74. The summed E-state index contributed by atoms with van der Waals surface area (Å²) >= 11 is 3.18. The summed E-state index contributed by atoms with van der Waals surface area (Å²) in [4.78, 5) is 32.9. The number of carbonyl (C=O) groups is 1. The molecule has 0 aliphatic heterocycles. The van der Waals surface area contributed by atoms with E-state index in [1.165, 1.54) is 10.9 Å². The quantitative estimate of drug-likeness (QED) is 0.724. The van der Waals surface area contributed by atoms with Crippen LogP contribution in [0, 0.1) is 13.8 Å². The van der Waals surface area contributed by atoms with Gasteiger partial charge in [-0.25, -0.2) is 9.97 Å². The molecule has 1 amide bonds. The lowest BCUT2D eigenvalue weighted by Crippen LogP contribution is -2.29. The normalized spacial score (nSPS) is 11.0. The van der Waals surface area contributed by atoms with E-state index in [4.69, 9.17) is 0 Å². The minimum absolute atomic E-state index is 0.0657. The van der Waals surface area contributed by atoms with Crippen LogP contribution in [0.5, 0.6) is 0 Å². The van der Waals surface area contributed by atoms with E-state index in [1.54, 1.807) is 36.9 Å². The van der Waals surface area contributed by atoms with Crippen LogP contribution in [0.4, 0.5) is 5.69 Å². The maximum atomic E-state index is 12.2. The molecule has 3 aromatic rings. The van der Waals surface area contributed by atoms with Gasteiger partial charge in [0.05, 0.1) is 16.5 Å². The Labute approximate surface area is 147 Å². The number of carbonyl (C=O) groups excluding carboxylic acids is 1. The highest BCUT2D eigenvalue weighted by Crippen LogP contribution is 2.29. The van der Waals surface area contributed by atoms with Crippen molar-refractivity contribution in [2.45, 2.75) is 24.7 Å². The molecule has 24 heavy (non-hydrogen) atoms. The van der Waals surface area contributed by atoms with Crippen molar-refractivity contribution >= 4 is 44.9 Å². The standard InChI is InChI=1S/C16H16N4O2S2/c1-9-10(2)17-8-20(15(9)22)7-14(21)18-11-4-5-12-13(6-11)24-16(19-12)23-3/h4-6,8H,7H2,1-3H3,(H,18,21). The van der Waals surface area contributed by atoms with E-state index < -0.39 is 0 Å². The Morgan fingerprint density at radius 1 is 1.38 bits per heavy atom. The summed E-state index contributed by atoms with van der Waals surface area (Å²) in [6.07, 6.45) is 3.39. The zero-order valence-electron chi connectivity index (χ0n) is 13.5. The summed E-state index contributed by atoms with van der Waals surface area (Å²) in [6, 6.07) is 5.59. The van der Waals surface area contributed by atoms with Crippen molar-refractivity contribution in [2.24, 2.45) is 0 Å². The number of aromatic nitrogens is 3. The number of nitrogens with one attached hydrogen (secondary N) is 1. The summed E-state index contributed by atoms with van der Waals surface area (Å²) < 4.78 is 3.32. The van der Waals surface area contributed by atoms with Crippen molar-refractivity contribution < 1.29 is 4.79 Å². The van der Waals surface area contributed by atoms with Crippen LogP contribution in [0.15, 0.2) is 33.7 Å². The lowest BCUT2D eigenvalue weighted by Gasteiger charge is -2.08. The van der Waals surface area contributed by atoms with Crippen molar-refractivity contribution in [3.63, 3.8) is 0 Å². The Hall–Kier alpha value is -2.19. The molecular weight excluding hydrogens is 344 g/mol. The second-order valence-corrected chi connectivity index (χ2v) is 7.39. The average Bonchev–Trinajstić information content (AvgIpc) is 2.98. The molecule has 0 atom stereocenters. The Kier molecular flexibility index (Phi) is 4.68. The van der Waals surface area contributed by atoms with E-state index in [1.807, 2.05) is 24.5 Å². The average molecular weight is 360 g/mol. The zero-order valence-corrected chi connectivity index (χ0v) is 15.1. The Balaban J connectivity index is 1.77. The highest BCUT2D eigenvalue weighted by Gasteiger charge is 2.10. The third-order valence-corrected chi connectivity index (χ3v) is 5.66. The molecular formula is C16H16N4O2S2. The summed E-state index contributed by atoms with van der Waals surface area (Å²) in [5.74, 6) is -0.267. The largest absolute Gasteiger partial charge is 0.324 e. The molecule has 124 valence electrons. The molecule has 0 aliphatic rings. The van der Waals surface area contributed by atoms with Gasteiger partial charge in [0, 0.05) is 16.9 Å². The molecule has 1 aromatic carbocycles. The first kappa shape index (κ1) is 16.7. The maximum absolute atomic E-state index is 12.2. The first-order valence-electron chi connectivity index (χ1n) is 7.25. The Morgan fingerprint density at radius 3 is 2.92 bits per heavy atom. The Morgan fingerprint density at radius 2 is 2.17 bits per heavy atom. The van der Waals surface area contributed by atoms with Gasteiger partial charge in [0.2, 0.25) is 5.91 Å². The van der Waals surface area contributed by atoms with E-state index in [0.29, 0.717) is 16.9 Å². The lowest BCUT2D eigenvalue weighted by molar-refractivity contribution is -0.116. The number of hydrogen-bond donors (Lipinski definition) is 1. The van der Waals surface area contributed by atoms with Crippen LogP contribution in [0.25, 0.3) is 10.2 Å². The van der Waals surface area contributed by atoms with Crippen LogP contribution < -0.4 is 10.9 Å². The predicted molar refractivity (Wildman–Crippen MR) is 98.0 cm³/mol. The number of aryl methyl sites for hydroxylation is 1. The van der Waals surface area contributed by atoms with Gasteiger partial charge in [-0.05, 0) is 38.3 Å². The number of fused-ring (bicyclic) bond motifs is 1. The third-order valence-electron chi connectivity index (χ3n) is 3.66. The number of benzene rings is 1. The molecule has 0 saturated carbocycles. The van der Waals surface area contributed by atoms with E-state index in [2.05, 4.69) is 15.3 Å². The number of amides is 1. The fraction of sp³-hybridized carbons (Fsp3) is 0.250. The molecule has 3 rings (SSSR count). The molecule has 0 aliphatic carbocycles. The van der Waals surface area contributed by atoms with E-state index >= 15 is 0 Å². The molecule has 8 heteroatoms. The number of rotatable bonds is 4. The second-order valence-electron chi connectivity index (χ2n) is 5.30. The van der Waals surface area contributed by atoms with Crippen LogP contribution in [0.3, 0.4) is 0 Å². The minimum atomic E-state index is -0.267. The number of anilines is 1. The number of thioether (sulfide) groups is 1. The molecule has 0 spiro atoms. The van der Waals surface area contributed by atoms with Gasteiger partial charge >= 0.3 is 0 Å². The SMILES string of the molecule is CSc1nc2ccc(NC(=O)Cn3cnc(C)c(C)c3=O)cc2s1. The molecule has 1 N–H and O–H groups in total. The van der Waals surface area contributed by atoms with Gasteiger partial charge in [-0.1, -0.05) is 11.8 Å². The topological polar surface area (TPSA) is 76.9 Å². The first-order valence-corrected chi connectivity index (χ1v) is 9.29. The van der Waals surface area contributed by atoms with Crippen LogP contribution >= 0.6 is 23.1 Å². The summed E-state index contributed by atoms with van der Waals surface area (Å²) in [6.45, 7) is 3.41. The van der Waals surface area contributed by atoms with Gasteiger partial charge in [-0.3, -0.25) is 14.2 Å². The van der Waals surface area contributed by atoms with Gasteiger partial charge in [0.15, 0.2) is 4.34 Å². The van der Waals surface area contributed by atoms with Crippen molar-refractivity contribution in [3.05, 3.63) is 46.1 Å². The summed E-state index contributed by atoms with van der Waals surface area (Å²) in [5, 5.41) is 2.82. The number of nitrogens with zero attached hydrogens (tertiary/aromatic N) is 3. The number of thiazole rings is 1. The van der Waals surface area contributed by atoms with E-state index in [9.17, 15) is 9.59 Å². The van der Waals surface area contributed by atoms with Gasteiger partial charge in [-0.15, -0.1) is 11.3 Å². The Bertz CT molecular complexity index is 978. The highest BCUT2D eigenvalue weighted by molar-refractivity contribution is 8.00. The van der Waals surface area contributed by atoms with Crippen molar-refractivity contribution in [2.75, 3.05) is 11.6 Å². The summed E-state index contributed by atoms with van der Waals surface area (Å²) in [5.41, 5.74) is 2.64. The van der Waals surface area contributed by atoms with Crippen molar-refractivity contribution in [3.8, 4) is 0 Å². The molecule has 0 fully saturated rings. The van der Waals surface area contributed by atoms with Gasteiger partial charge in [-0.2, -0.15) is 0 Å². The van der Waals surface area contributed by atoms with Crippen molar-refractivity contribution in [1.29, 1.82) is 0 Å². The van der Waals surface area contributed by atoms with Crippen molar-refractivity contribution in [1.82, 2.24) is 14.5 Å². The van der Waals surface area contributed by atoms with Crippen LogP contribution in [0.1, 0.15) is 11.3 Å². The molecule has 2 aromatic heterocycles. The van der Waals surface area contributed by atoms with Gasteiger partial charge in [0.25, 0.3) is 5.56 Å². The van der Waals surface area contributed by atoms with Crippen LogP contribution in [0.2, 0.25) is 0 Å². The third kappa shape index (κ3) is 3.34. The molecule has 0 radical (unpaired) electrons. The lowest BCUT2D eigenvalue weighted by atomic mass is 10.2. The maximum Gasteiger partial charge on any atom is 0.256 e. The molecule has 0 unspecified atom stereocenters. The number of hydrogen-bond acceptors (Lipinski definition) is 6. The first-order chi connectivity index (χ1) is 11.5. The predicted octanol–water partition coefficient (Wildman–Crippen LogP) is 2.83. The van der Waals surface area contributed by atoms with E-state index in [-0.39, 0.29) is 18.0 Å². The molecule has 0 bridgehead atoms. The van der Waals surface area contributed by atoms with E-state index in [0.717, 1.165) is 14.6 Å². The summed E-state index contributed by atoms with van der Waals surface area (Å²) in [7, 11) is 0. The van der Waals surface area contributed by atoms with Gasteiger partial charge in [0.1, 0.15) is 6.54 Å². The molecule has 0 saturated heterocycles.